The van der Waals surface area contributed by atoms with Crippen LogP contribution in [0, 0.1) is 12.7 Å². The van der Waals surface area contributed by atoms with E-state index < -0.39 is 11.6 Å². The fourth-order valence-corrected chi connectivity index (χ4v) is 2.99. The summed E-state index contributed by atoms with van der Waals surface area (Å²) in [6.07, 6.45) is 0. The maximum Gasteiger partial charge on any atom is 0.419 e. The molecule has 1 amide bonds. The van der Waals surface area contributed by atoms with Crippen molar-refractivity contribution in [1.82, 2.24) is 9.55 Å². The number of hydrogen-bond donors (Lipinski definition) is 2. The van der Waals surface area contributed by atoms with Crippen molar-refractivity contribution in [3.8, 4) is 0 Å². The molecule has 2 N–H and O–H groups in total. The van der Waals surface area contributed by atoms with E-state index in [0.29, 0.717) is 38.9 Å². The smallest absolute Gasteiger partial charge is 0.408 e. The number of halogens is 1. The summed E-state index contributed by atoms with van der Waals surface area (Å²) in [5.74, 6) is -1.24. The van der Waals surface area contributed by atoms with Crippen LogP contribution in [0.15, 0.2) is 45.6 Å². The molecule has 0 saturated heterocycles. The highest BCUT2D eigenvalue weighted by molar-refractivity contribution is 6.14. The molecule has 0 spiro atoms. The number of hydrogen-bond acceptors (Lipinski definition) is 3. The number of benzene rings is 2. The van der Waals surface area contributed by atoms with Crippen molar-refractivity contribution >= 4 is 33.6 Å². The SMILES string of the molecule is Cc1[nH]c2ccc(F)cc2c1C(=O)Nc1ccc2oc(=O)n(C)c2c1. The number of amides is 1. The Morgan fingerprint density at radius 2 is 2.04 bits per heavy atom. The van der Waals surface area contributed by atoms with E-state index in [-0.39, 0.29) is 5.91 Å². The van der Waals surface area contributed by atoms with E-state index in [1.165, 1.54) is 16.7 Å². The van der Waals surface area contributed by atoms with Crippen LogP contribution < -0.4 is 11.1 Å². The molecule has 7 heteroatoms. The first-order valence-corrected chi connectivity index (χ1v) is 7.63. The normalized spacial score (nSPS) is 11.3. The lowest BCUT2D eigenvalue weighted by Gasteiger charge is -2.06. The molecule has 0 aliphatic carbocycles. The molecule has 0 atom stereocenters. The van der Waals surface area contributed by atoms with Crippen molar-refractivity contribution < 1.29 is 13.6 Å². The number of aromatic amines is 1. The predicted molar refractivity (Wildman–Crippen MR) is 92.4 cm³/mol. The summed E-state index contributed by atoms with van der Waals surface area (Å²) >= 11 is 0. The highest BCUT2D eigenvalue weighted by atomic mass is 19.1. The van der Waals surface area contributed by atoms with Crippen molar-refractivity contribution in [2.75, 3.05) is 5.32 Å². The number of rotatable bonds is 2. The Morgan fingerprint density at radius 3 is 2.84 bits per heavy atom. The van der Waals surface area contributed by atoms with Crippen LogP contribution in [0.25, 0.3) is 22.0 Å². The molecule has 126 valence electrons. The molecule has 0 bridgehead atoms. The van der Waals surface area contributed by atoms with Gasteiger partial charge >= 0.3 is 5.76 Å². The number of fused-ring (bicyclic) bond motifs is 2. The second-order valence-corrected chi connectivity index (χ2v) is 5.88. The molecule has 6 nitrogen and oxygen atoms in total. The summed E-state index contributed by atoms with van der Waals surface area (Å²) < 4.78 is 20.0. The second-order valence-electron chi connectivity index (χ2n) is 5.88. The van der Waals surface area contributed by atoms with E-state index in [0.717, 1.165) is 0 Å². The molecule has 0 unspecified atom stereocenters. The lowest BCUT2D eigenvalue weighted by Crippen LogP contribution is -2.13. The summed E-state index contributed by atoms with van der Waals surface area (Å²) in [6, 6.07) is 9.19. The molecular weight excluding hydrogens is 325 g/mol. The molecular formula is C18H14FN3O3. The van der Waals surface area contributed by atoms with E-state index in [1.807, 2.05) is 0 Å². The largest absolute Gasteiger partial charge is 0.419 e. The number of nitrogens with one attached hydrogen (secondary N) is 2. The van der Waals surface area contributed by atoms with Gasteiger partial charge in [0.25, 0.3) is 5.91 Å². The first kappa shape index (κ1) is 15.2. The Bertz CT molecular complexity index is 1200. The standard InChI is InChI=1S/C18H14FN3O3/c1-9-16(12-7-10(19)3-5-13(12)20-9)17(23)21-11-4-6-15-14(8-11)22(2)18(24)25-15/h3-8,20H,1-2H3,(H,21,23). The Hall–Kier alpha value is -3.35. The Balaban J connectivity index is 1.75. The van der Waals surface area contributed by atoms with Gasteiger partial charge in [-0.2, -0.15) is 0 Å². The number of carbonyl (C=O) groups excluding carboxylic acids is 1. The summed E-state index contributed by atoms with van der Waals surface area (Å²) in [5, 5.41) is 3.31. The van der Waals surface area contributed by atoms with Gasteiger partial charge in [0.15, 0.2) is 5.58 Å². The van der Waals surface area contributed by atoms with Crippen LogP contribution in [0.2, 0.25) is 0 Å². The highest BCUT2D eigenvalue weighted by Gasteiger charge is 2.17. The predicted octanol–water partition coefficient (Wildman–Crippen LogP) is 3.31. The first-order valence-electron chi connectivity index (χ1n) is 7.63. The van der Waals surface area contributed by atoms with Crippen molar-refractivity contribution in [1.29, 1.82) is 0 Å². The van der Waals surface area contributed by atoms with Gasteiger partial charge in [-0.15, -0.1) is 0 Å². The Morgan fingerprint density at radius 1 is 1.24 bits per heavy atom. The molecule has 4 aromatic rings. The van der Waals surface area contributed by atoms with Gasteiger partial charge in [-0.3, -0.25) is 9.36 Å². The van der Waals surface area contributed by atoms with Crippen molar-refractivity contribution in [2.24, 2.45) is 7.05 Å². The van der Waals surface area contributed by atoms with Crippen LogP contribution in [0.5, 0.6) is 0 Å². The number of oxazole rings is 1. The zero-order valence-electron chi connectivity index (χ0n) is 13.5. The van der Waals surface area contributed by atoms with Crippen molar-refractivity contribution in [3.63, 3.8) is 0 Å². The third-order valence-corrected chi connectivity index (χ3v) is 4.22. The summed E-state index contributed by atoms with van der Waals surface area (Å²) in [6.45, 7) is 1.76. The van der Waals surface area contributed by atoms with Crippen LogP contribution in [-0.2, 0) is 7.05 Å². The first-order chi connectivity index (χ1) is 11.9. The molecule has 2 heterocycles. The van der Waals surface area contributed by atoms with Crippen LogP contribution in [0.3, 0.4) is 0 Å². The maximum absolute atomic E-state index is 13.5. The van der Waals surface area contributed by atoms with Gasteiger partial charge in [0.05, 0.1) is 11.1 Å². The third-order valence-electron chi connectivity index (χ3n) is 4.22. The Kier molecular flexibility index (Phi) is 3.24. The van der Waals surface area contributed by atoms with Gasteiger partial charge in [0.2, 0.25) is 0 Å². The van der Waals surface area contributed by atoms with Gasteiger partial charge in [0.1, 0.15) is 5.82 Å². The van der Waals surface area contributed by atoms with E-state index in [4.69, 9.17) is 4.42 Å². The average molecular weight is 339 g/mol. The number of aryl methyl sites for hydroxylation is 2. The molecule has 0 aliphatic rings. The summed E-state index contributed by atoms with van der Waals surface area (Å²) in [5.41, 5.74) is 3.25. The highest BCUT2D eigenvalue weighted by Crippen LogP contribution is 2.25. The number of nitrogens with zero attached hydrogens (tertiary/aromatic N) is 1. The molecule has 0 saturated carbocycles. The summed E-state index contributed by atoms with van der Waals surface area (Å²) in [7, 11) is 1.59. The van der Waals surface area contributed by atoms with Gasteiger partial charge in [-0.1, -0.05) is 0 Å². The third kappa shape index (κ3) is 2.40. The quantitative estimate of drug-likeness (QED) is 0.588. The van der Waals surface area contributed by atoms with Crippen LogP contribution in [0.1, 0.15) is 16.1 Å². The minimum absolute atomic E-state index is 0.359. The molecule has 0 radical (unpaired) electrons. The average Bonchev–Trinajstić information content (AvgIpc) is 3.04. The van der Waals surface area contributed by atoms with Gasteiger partial charge < -0.3 is 14.7 Å². The zero-order chi connectivity index (χ0) is 17.7. The molecule has 2 aromatic heterocycles. The lowest BCUT2D eigenvalue weighted by atomic mass is 10.1. The maximum atomic E-state index is 13.5. The molecule has 4 rings (SSSR count). The van der Waals surface area contributed by atoms with Gasteiger partial charge in [0, 0.05) is 29.3 Å². The molecule has 2 aromatic carbocycles. The monoisotopic (exact) mass is 339 g/mol. The second kappa shape index (κ2) is 5.34. The van der Waals surface area contributed by atoms with Crippen molar-refractivity contribution in [3.05, 3.63) is 64.0 Å². The zero-order valence-corrected chi connectivity index (χ0v) is 13.5. The molecule has 25 heavy (non-hydrogen) atoms. The molecule has 0 aliphatic heterocycles. The molecule has 0 fully saturated rings. The summed E-state index contributed by atoms with van der Waals surface area (Å²) in [4.78, 5) is 27.3. The fourth-order valence-electron chi connectivity index (χ4n) is 2.99. The number of anilines is 1. The number of carbonyl (C=O) groups is 1. The number of H-pyrrole nitrogens is 1. The minimum Gasteiger partial charge on any atom is -0.408 e. The topological polar surface area (TPSA) is 80.0 Å². The van der Waals surface area contributed by atoms with E-state index in [9.17, 15) is 14.0 Å². The van der Waals surface area contributed by atoms with E-state index in [1.54, 1.807) is 38.2 Å². The van der Waals surface area contributed by atoms with E-state index >= 15 is 0 Å². The van der Waals surface area contributed by atoms with E-state index in [2.05, 4.69) is 10.3 Å². The van der Waals surface area contributed by atoms with Crippen LogP contribution in [-0.4, -0.2) is 15.5 Å². The Labute approximate surface area is 140 Å². The van der Waals surface area contributed by atoms with Crippen LogP contribution in [0.4, 0.5) is 10.1 Å². The fraction of sp³-hybridized carbons (Fsp3) is 0.111. The van der Waals surface area contributed by atoms with Gasteiger partial charge in [-0.25, -0.2) is 9.18 Å². The van der Waals surface area contributed by atoms with Crippen LogP contribution >= 0.6 is 0 Å². The minimum atomic E-state index is -0.471. The number of aromatic nitrogens is 2. The van der Waals surface area contributed by atoms with Crippen molar-refractivity contribution in [2.45, 2.75) is 6.92 Å². The lowest BCUT2D eigenvalue weighted by molar-refractivity contribution is 0.102. The van der Waals surface area contributed by atoms with Gasteiger partial charge in [-0.05, 0) is 43.3 Å².